The van der Waals surface area contributed by atoms with Crippen LogP contribution in [-0.2, 0) is 4.79 Å². The van der Waals surface area contributed by atoms with E-state index in [1.165, 1.54) is 0 Å². The maximum Gasteiger partial charge on any atom is 0.227 e. The Morgan fingerprint density at radius 2 is 2.22 bits per heavy atom. The Morgan fingerprint density at radius 1 is 1.39 bits per heavy atom. The van der Waals surface area contributed by atoms with Gasteiger partial charge in [-0.1, -0.05) is 23.4 Å². The molecule has 4 heteroatoms. The van der Waals surface area contributed by atoms with E-state index in [2.05, 4.69) is 11.8 Å². The summed E-state index contributed by atoms with van der Waals surface area (Å²) in [5.74, 6) is 5.94. The summed E-state index contributed by atoms with van der Waals surface area (Å²) in [5, 5.41) is 0.613. The summed E-state index contributed by atoms with van der Waals surface area (Å²) in [4.78, 5) is 13.7. The van der Waals surface area contributed by atoms with Crippen LogP contribution in [0.2, 0.25) is 5.02 Å². The van der Waals surface area contributed by atoms with Crippen LogP contribution in [0.4, 0.5) is 5.69 Å². The predicted octanol–water partition coefficient (Wildman–Crippen LogP) is 2.17. The molecular formula is C14H15ClN2O. The molecule has 1 aliphatic rings. The van der Waals surface area contributed by atoms with Crippen molar-refractivity contribution in [3.63, 3.8) is 0 Å². The number of rotatable bonds is 1. The van der Waals surface area contributed by atoms with Gasteiger partial charge in [-0.3, -0.25) is 4.79 Å². The quantitative estimate of drug-likeness (QED) is 0.789. The van der Waals surface area contributed by atoms with Crippen LogP contribution in [0.1, 0.15) is 24.8 Å². The predicted molar refractivity (Wildman–Crippen MR) is 73.6 cm³/mol. The molecule has 2 rings (SSSR count). The van der Waals surface area contributed by atoms with E-state index in [4.69, 9.17) is 17.3 Å². The fourth-order valence-electron chi connectivity index (χ4n) is 2.04. The topological polar surface area (TPSA) is 46.3 Å². The number of hydrogen-bond donors (Lipinski definition) is 1. The molecule has 0 aliphatic carbocycles. The number of carbonyl (C=O) groups is 1. The van der Waals surface area contributed by atoms with Gasteiger partial charge in [0.05, 0.1) is 12.2 Å². The number of halogens is 1. The minimum atomic E-state index is 0.138. The van der Waals surface area contributed by atoms with Crippen LogP contribution in [0.5, 0.6) is 0 Å². The first-order valence-electron chi connectivity index (χ1n) is 6.01. The number of benzene rings is 1. The maximum absolute atomic E-state index is 11.9. The van der Waals surface area contributed by atoms with Crippen LogP contribution in [0.15, 0.2) is 18.2 Å². The van der Waals surface area contributed by atoms with Crippen molar-refractivity contribution < 1.29 is 4.79 Å². The average molecular weight is 263 g/mol. The van der Waals surface area contributed by atoms with Crippen LogP contribution >= 0.6 is 11.6 Å². The third kappa shape index (κ3) is 2.84. The third-order valence-electron chi connectivity index (χ3n) is 2.90. The summed E-state index contributed by atoms with van der Waals surface area (Å²) in [6.45, 7) is 1.03. The van der Waals surface area contributed by atoms with Crippen molar-refractivity contribution in [1.82, 2.24) is 0 Å². The summed E-state index contributed by atoms with van der Waals surface area (Å²) in [7, 11) is 0. The zero-order valence-electron chi connectivity index (χ0n) is 10.1. The highest BCUT2D eigenvalue weighted by Gasteiger charge is 2.21. The Balaban J connectivity index is 2.40. The molecule has 1 fully saturated rings. The lowest BCUT2D eigenvalue weighted by Gasteiger charge is -2.27. The number of nitrogens with two attached hydrogens (primary N) is 1. The van der Waals surface area contributed by atoms with Crippen LogP contribution < -0.4 is 10.6 Å². The number of amides is 1. The van der Waals surface area contributed by atoms with Crippen molar-refractivity contribution in [3.8, 4) is 11.8 Å². The Bertz CT molecular complexity index is 516. The Kier molecular flexibility index (Phi) is 4.24. The highest BCUT2D eigenvalue weighted by molar-refractivity contribution is 6.31. The molecule has 1 aliphatic heterocycles. The van der Waals surface area contributed by atoms with Gasteiger partial charge in [-0.25, -0.2) is 0 Å². The third-order valence-corrected chi connectivity index (χ3v) is 3.13. The van der Waals surface area contributed by atoms with E-state index in [0.29, 0.717) is 18.0 Å². The van der Waals surface area contributed by atoms with Gasteiger partial charge in [-0.2, -0.15) is 0 Å². The lowest BCUT2D eigenvalue weighted by Crippen LogP contribution is -2.35. The lowest BCUT2D eigenvalue weighted by atomic mass is 10.1. The van der Waals surface area contributed by atoms with E-state index >= 15 is 0 Å². The first-order valence-corrected chi connectivity index (χ1v) is 6.39. The van der Waals surface area contributed by atoms with Gasteiger partial charge in [-0.15, -0.1) is 0 Å². The highest BCUT2D eigenvalue weighted by atomic mass is 35.5. The minimum absolute atomic E-state index is 0.138. The van der Waals surface area contributed by atoms with Gasteiger partial charge in [0.15, 0.2) is 0 Å². The average Bonchev–Trinajstić information content (AvgIpc) is 2.38. The summed E-state index contributed by atoms with van der Waals surface area (Å²) in [6.07, 6.45) is 2.57. The van der Waals surface area contributed by atoms with Crippen molar-refractivity contribution in [1.29, 1.82) is 0 Å². The molecule has 0 saturated carbocycles. The molecule has 1 heterocycles. The van der Waals surface area contributed by atoms with Crippen molar-refractivity contribution in [2.24, 2.45) is 5.73 Å². The molecule has 0 aromatic heterocycles. The fraction of sp³-hybridized carbons (Fsp3) is 0.357. The summed E-state index contributed by atoms with van der Waals surface area (Å²) in [6, 6.07) is 5.41. The Morgan fingerprint density at radius 3 is 2.94 bits per heavy atom. The second kappa shape index (κ2) is 5.90. The van der Waals surface area contributed by atoms with Gasteiger partial charge in [0.2, 0.25) is 5.91 Å². The number of nitrogens with zero attached hydrogens (tertiary/aromatic N) is 1. The van der Waals surface area contributed by atoms with Crippen molar-refractivity contribution in [3.05, 3.63) is 28.8 Å². The molecule has 1 amide bonds. The smallest absolute Gasteiger partial charge is 0.227 e. The fourth-order valence-corrected chi connectivity index (χ4v) is 2.21. The summed E-state index contributed by atoms with van der Waals surface area (Å²) < 4.78 is 0. The van der Waals surface area contributed by atoms with Gasteiger partial charge in [-0.05, 0) is 31.0 Å². The summed E-state index contributed by atoms with van der Waals surface area (Å²) >= 11 is 6.01. The molecule has 2 N–H and O–H groups in total. The van der Waals surface area contributed by atoms with E-state index in [1.807, 2.05) is 6.07 Å². The normalized spacial score (nSPS) is 15.2. The molecule has 0 radical (unpaired) electrons. The van der Waals surface area contributed by atoms with Crippen molar-refractivity contribution in [2.45, 2.75) is 19.3 Å². The van der Waals surface area contributed by atoms with E-state index in [-0.39, 0.29) is 5.91 Å². The number of piperidine rings is 1. The highest BCUT2D eigenvalue weighted by Crippen LogP contribution is 2.27. The van der Waals surface area contributed by atoms with E-state index < -0.39 is 0 Å². The second-order valence-electron chi connectivity index (χ2n) is 4.17. The molecule has 0 atom stereocenters. The molecule has 94 valence electrons. The number of anilines is 1. The zero-order chi connectivity index (χ0) is 13.0. The molecule has 0 bridgehead atoms. The van der Waals surface area contributed by atoms with Crippen molar-refractivity contribution >= 4 is 23.2 Å². The van der Waals surface area contributed by atoms with Gasteiger partial charge in [0.25, 0.3) is 0 Å². The van der Waals surface area contributed by atoms with Crippen molar-refractivity contribution in [2.75, 3.05) is 18.0 Å². The second-order valence-corrected chi connectivity index (χ2v) is 4.61. The van der Waals surface area contributed by atoms with Crippen LogP contribution in [0.3, 0.4) is 0 Å². The van der Waals surface area contributed by atoms with E-state index in [0.717, 1.165) is 30.6 Å². The van der Waals surface area contributed by atoms with Gasteiger partial charge >= 0.3 is 0 Å². The molecule has 3 nitrogen and oxygen atoms in total. The molecule has 0 unspecified atom stereocenters. The molecule has 1 aromatic rings. The van der Waals surface area contributed by atoms with E-state index in [9.17, 15) is 4.79 Å². The molecule has 1 saturated heterocycles. The Hall–Kier alpha value is -1.50. The largest absolute Gasteiger partial charge is 0.320 e. The lowest BCUT2D eigenvalue weighted by molar-refractivity contribution is -0.119. The van der Waals surface area contributed by atoms with Crippen LogP contribution in [0.25, 0.3) is 0 Å². The van der Waals surface area contributed by atoms with Gasteiger partial charge in [0, 0.05) is 23.6 Å². The van der Waals surface area contributed by atoms with Gasteiger partial charge in [0.1, 0.15) is 0 Å². The standard InChI is InChI=1S/C14H15ClN2O/c15-12-7-6-11(4-3-8-16)13(10-12)17-9-2-1-5-14(17)18/h6-7,10H,1-2,5,8-9,16H2. The maximum atomic E-state index is 11.9. The zero-order valence-corrected chi connectivity index (χ0v) is 10.8. The summed E-state index contributed by atoms with van der Waals surface area (Å²) in [5.41, 5.74) is 6.99. The molecule has 0 spiro atoms. The number of hydrogen-bond acceptors (Lipinski definition) is 2. The monoisotopic (exact) mass is 262 g/mol. The first kappa shape index (κ1) is 12.9. The molecule has 1 aromatic carbocycles. The van der Waals surface area contributed by atoms with E-state index in [1.54, 1.807) is 17.0 Å². The SMILES string of the molecule is NCC#Cc1ccc(Cl)cc1N1CCCCC1=O. The van der Waals surface area contributed by atoms with Crippen LogP contribution in [-0.4, -0.2) is 19.0 Å². The molecular weight excluding hydrogens is 248 g/mol. The minimum Gasteiger partial charge on any atom is -0.320 e. The Labute approximate surface area is 112 Å². The number of carbonyl (C=O) groups excluding carboxylic acids is 1. The van der Waals surface area contributed by atoms with Crippen LogP contribution in [0, 0.1) is 11.8 Å². The molecule has 18 heavy (non-hydrogen) atoms. The first-order chi connectivity index (χ1) is 8.72. The van der Waals surface area contributed by atoms with Gasteiger partial charge < -0.3 is 10.6 Å².